The van der Waals surface area contributed by atoms with Gasteiger partial charge in [-0.3, -0.25) is 10.1 Å². The van der Waals surface area contributed by atoms with E-state index in [1.165, 1.54) is 17.8 Å². The van der Waals surface area contributed by atoms with Crippen LogP contribution in [0, 0.1) is 17.0 Å². The second-order valence-electron chi connectivity index (χ2n) is 4.32. The van der Waals surface area contributed by atoms with E-state index in [1.807, 2.05) is 11.5 Å². The summed E-state index contributed by atoms with van der Waals surface area (Å²) < 4.78 is 1.82. The Labute approximate surface area is 125 Å². The van der Waals surface area contributed by atoms with Gasteiger partial charge in [0.2, 0.25) is 0 Å². The highest BCUT2D eigenvalue weighted by Crippen LogP contribution is 2.28. The summed E-state index contributed by atoms with van der Waals surface area (Å²) >= 11 is 1.27. The molecule has 2 rings (SSSR count). The Morgan fingerprint density at radius 2 is 2.19 bits per heavy atom. The molecule has 0 aliphatic heterocycles. The lowest BCUT2D eigenvalue weighted by Crippen LogP contribution is -2.05. The van der Waals surface area contributed by atoms with E-state index < -0.39 is 4.92 Å². The van der Waals surface area contributed by atoms with Gasteiger partial charge < -0.3 is 9.67 Å². The molecule has 21 heavy (non-hydrogen) atoms. The third kappa shape index (κ3) is 3.37. The zero-order valence-corrected chi connectivity index (χ0v) is 12.5. The van der Waals surface area contributed by atoms with Crippen molar-refractivity contribution in [3.8, 4) is 0 Å². The minimum absolute atomic E-state index is 0.00887. The number of aryl methyl sites for hydroxylation is 1. The molecule has 0 saturated heterocycles. The molecule has 0 unspecified atom stereocenters. The molecule has 0 aromatic carbocycles. The van der Waals surface area contributed by atoms with Crippen LogP contribution in [-0.2, 0) is 13.2 Å². The highest BCUT2D eigenvalue weighted by Gasteiger charge is 2.16. The van der Waals surface area contributed by atoms with Crippen molar-refractivity contribution in [1.29, 1.82) is 0 Å². The molecule has 0 saturated carbocycles. The molecule has 2 aromatic rings. The Morgan fingerprint density at radius 1 is 1.43 bits per heavy atom. The molecule has 112 valence electrons. The van der Waals surface area contributed by atoms with E-state index in [1.54, 1.807) is 13.0 Å². The number of aliphatic hydroxyl groups excluding tert-OH is 1. The number of hydrogen-bond donors (Lipinski definition) is 1. The van der Waals surface area contributed by atoms with Gasteiger partial charge in [-0.1, -0.05) is 6.92 Å². The van der Waals surface area contributed by atoms with Crippen molar-refractivity contribution in [3.05, 3.63) is 33.8 Å². The largest absolute Gasteiger partial charge is 0.388 e. The van der Waals surface area contributed by atoms with Crippen LogP contribution in [0.3, 0.4) is 0 Å². The summed E-state index contributed by atoms with van der Waals surface area (Å²) in [4.78, 5) is 14.5. The maximum absolute atomic E-state index is 10.8. The number of aromatic nitrogens is 4. The number of rotatable bonds is 6. The summed E-state index contributed by atoms with van der Waals surface area (Å²) in [6, 6.07) is 3.01. The summed E-state index contributed by atoms with van der Waals surface area (Å²) in [5, 5.41) is 29.2. The smallest absolute Gasteiger partial charge is 0.290 e. The van der Waals surface area contributed by atoms with Gasteiger partial charge >= 0.3 is 0 Å². The van der Waals surface area contributed by atoms with E-state index in [0.717, 1.165) is 6.42 Å². The second kappa shape index (κ2) is 6.64. The number of hydrogen-bond acceptors (Lipinski definition) is 7. The van der Waals surface area contributed by atoms with Crippen molar-refractivity contribution >= 4 is 17.4 Å². The maximum atomic E-state index is 10.8. The van der Waals surface area contributed by atoms with Gasteiger partial charge in [-0.2, -0.15) is 0 Å². The van der Waals surface area contributed by atoms with E-state index >= 15 is 0 Å². The van der Waals surface area contributed by atoms with Gasteiger partial charge in [-0.05, 0) is 31.2 Å². The van der Waals surface area contributed by atoms with Gasteiger partial charge in [-0.15, -0.1) is 10.2 Å². The minimum Gasteiger partial charge on any atom is -0.388 e. The fraction of sp³-hybridized carbons (Fsp3) is 0.417. The van der Waals surface area contributed by atoms with Gasteiger partial charge in [0.15, 0.2) is 11.0 Å². The normalized spacial score (nSPS) is 10.8. The molecular weight excluding hydrogens is 294 g/mol. The van der Waals surface area contributed by atoms with Crippen LogP contribution < -0.4 is 0 Å². The molecule has 0 fully saturated rings. The molecule has 0 spiro atoms. The molecule has 0 bridgehead atoms. The molecule has 9 heteroatoms. The quantitative estimate of drug-likeness (QED) is 0.641. The lowest BCUT2D eigenvalue weighted by atomic mass is 10.3. The Bertz CT molecular complexity index is 658. The van der Waals surface area contributed by atoms with Gasteiger partial charge in [0.05, 0.1) is 4.92 Å². The molecule has 0 atom stereocenters. The predicted molar refractivity (Wildman–Crippen MR) is 76.0 cm³/mol. The van der Waals surface area contributed by atoms with Crippen LogP contribution in [0.2, 0.25) is 0 Å². The molecule has 0 amide bonds. The van der Waals surface area contributed by atoms with Crippen molar-refractivity contribution < 1.29 is 10.0 Å². The lowest BCUT2D eigenvalue weighted by Gasteiger charge is -2.07. The van der Waals surface area contributed by atoms with E-state index in [4.69, 9.17) is 0 Å². The molecular formula is C12H15N5O3S. The third-order valence-corrected chi connectivity index (χ3v) is 3.73. The average Bonchev–Trinajstić information content (AvgIpc) is 2.81. The second-order valence-corrected chi connectivity index (χ2v) is 5.31. The molecule has 0 radical (unpaired) electrons. The van der Waals surface area contributed by atoms with Crippen LogP contribution in [0.15, 0.2) is 22.3 Å². The van der Waals surface area contributed by atoms with Crippen LogP contribution in [0.4, 0.5) is 5.69 Å². The number of nitrogens with zero attached hydrogens (tertiary/aromatic N) is 5. The van der Waals surface area contributed by atoms with Crippen molar-refractivity contribution in [2.24, 2.45) is 0 Å². The maximum Gasteiger partial charge on any atom is 0.290 e. The summed E-state index contributed by atoms with van der Waals surface area (Å²) in [6.45, 7) is 4.12. The fourth-order valence-corrected chi connectivity index (χ4v) is 2.73. The zero-order valence-electron chi connectivity index (χ0n) is 11.7. The standard InChI is InChI=1S/C12H15N5O3S/c1-3-6-16-10(7-18)14-15-12(16)21-11-5-4-9(17(19)20)8(2)13-11/h4-5,18H,3,6-7H2,1-2H3. The fourth-order valence-electron chi connectivity index (χ4n) is 1.83. The highest BCUT2D eigenvalue weighted by molar-refractivity contribution is 7.99. The Balaban J connectivity index is 2.28. The number of aliphatic hydroxyl groups is 1. The lowest BCUT2D eigenvalue weighted by molar-refractivity contribution is -0.385. The minimum atomic E-state index is -0.458. The Kier molecular flexibility index (Phi) is 4.86. The van der Waals surface area contributed by atoms with Crippen LogP contribution in [0.1, 0.15) is 24.9 Å². The van der Waals surface area contributed by atoms with Crippen molar-refractivity contribution in [3.63, 3.8) is 0 Å². The van der Waals surface area contributed by atoms with Crippen LogP contribution in [0.5, 0.6) is 0 Å². The van der Waals surface area contributed by atoms with Gasteiger partial charge in [0.1, 0.15) is 17.3 Å². The van der Waals surface area contributed by atoms with Gasteiger partial charge in [0, 0.05) is 12.6 Å². The summed E-state index contributed by atoms with van der Waals surface area (Å²) in [5.74, 6) is 0.498. The molecule has 2 aromatic heterocycles. The number of nitro groups is 1. The van der Waals surface area contributed by atoms with Crippen molar-refractivity contribution in [2.45, 2.75) is 43.6 Å². The van der Waals surface area contributed by atoms with Crippen LogP contribution in [-0.4, -0.2) is 29.8 Å². The average molecular weight is 309 g/mol. The van der Waals surface area contributed by atoms with E-state index in [0.29, 0.717) is 28.2 Å². The van der Waals surface area contributed by atoms with Gasteiger partial charge in [0.25, 0.3) is 5.69 Å². The Morgan fingerprint density at radius 3 is 2.76 bits per heavy atom. The van der Waals surface area contributed by atoms with Crippen LogP contribution in [0.25, 0.3) is 0 Å². The van der Waals surface area contributed by atoms with Gasteiger partial charge in [-0.25, -0.2) is 4.98 Å². The highest BCUT2D eigenvalue weighted by atomic mass is 32.2. The third-order valence-electron chi connectivity index (χ3n) is 2.81. The topological polar surface area (TPSA) is 107 Å². The number of pyridine rings is 1. The molecule has 2 heterocycles. The summed E-state index contributed by atoms with van der Waals surface area (Å²) in [5.41, 5.74) is 0.347. The molecule has 0 aliphatic rings. The van der Waals surface area contributed by atoms with E-state index in [2.05, 4.69) is 15.2 Å². The molecule has 0 aliphatic carbocycles. The zero-order chi connectivity index (χ0) is 15.4. The molecule has 1 N–H and O–H groups in total. The monoisotopic (exact) mass is 309 g/mol. The van der Waals surface area contributed by atoms with E-state index in [9.17, 15) is 15.2 Å². The van der Waals surface area contributed by atoms with Crippen molar-refractivity contribution in [2.75, 3.05) is 0 Å². The van der Waals surface area contributed by atoms with Crippen molar-refractivity contribution in [1.82, 2.24) is 19.7 Å². The summed E-state index contributed by atoms with van der Waals surface area (Å²) in [7, 11) is 0. The SMILES string of the molecule is CCCn1c(CO)nnc1Sc1ccc([N+](=O)[O-])c(C)n1. The Hall–Kier alpha value is -2.00. The van der Waals surface area contributed by atoms with Crippen LogP contribution >= 0.6 is 11.8 Å². The predicted octanol–water partition coefficient (Wildman–Crippen LogP) is 1.94. The van der Waals surface area contributed by atoms with E-state index in [-0.39, 0.29) is 12.3 Å². The first-order chi connectivity index (χ1) is 10.1. The first kappa shape index (κ1) is 15.4. The first-order valence-corrected chi connectivity index (χ1v) is 7.21. The first-order valence-electron chi connectivity index (χ1n) is 6.39. The molecule has 8 nitrogen and oxygen atoms in total. The summed E-state index contributed by atoms with van der Waals surface area (Å²) in [6.07, 6.45) is 0.880.